The Morgan fingerprint density at radius 2 is 2.12 bits per heavy atom. The van der Waals surface area contributed by atoms with Crippen LogP contribution in [0.15, 0.2) is 15.9 Å². The molecule has 0 unspecified atom stereocenters. The molecular formula is C11H16N4O2. The molecule has 0 aliphatic rings. The number of hydrogen-bond acceptors (Lipinski definition) is 3. The van der Waals surface area contributed by atoms with E-state index in [0.29, 0.717) is 17.1 Å². The van der Waals surface area contributed by atoms with Gasteiger partial charge in [0.25, 0.3) is 5.56 Å². The first-order valence-electron chi connectivity index (χ1n) is 5.65. The van der Waals surface area contributed by atoms with E-state index in [0.717, 1.165) is 17.5 Å². The number of aromatic nitrogens is 4. The summed E-state index contributed by atoms with van der Waals surface area (Å²) in [5.74, 6) is 0.561. The Hall–Kier alpha value is -1.85. The lowest BCUT2D eigenvalue weighted by Gasteiger charge is -2.06. The molecule has 0 fully saturated rings. The van der Waals surface area contributed by atoms with Crippen LogP contribution >= 0.6 is 0 Å². The Balaban J connectivity index is 2.54. The maximum atomic E-state index is 11.8. The number of hydrogen-bond donors (Lipinski definition) is 1. The van der Waals surface area contributed by atoms with Crippen molar-refractivity contribution in [2.24, 2.45) is 13.0 Å². The zero-order valence-corrected chi connectivity index (χ0v) is 10.2. The van der Waals surface area contributed by atoms with Gasteiger partial charge in [-0.25, -0.2) is 9.78 Å². The first kappa shape index (κ1) is 11.6. The molecule has 6 heteroatoms. The minimum absolute atomic E-state index is 0.316. The van der Waals surface area contributed by atoms with Crippen LogP contribution < -0.4 is 11.2 Å². The fraction of sp³-hybridized carbons (Fsp3) is 0.545. The second-order valence-corrected chi connectivity index (χ2v) is 4.61. The summed E-state index contributed by atoms with van der Waals surface area (Å²) in [7, 11) is 1.44. The minimum atomic E-state index is -0.409. The highest BCUT2D eigenvalue weighted by Gasteiger charge is 2.10. The topological polar surface area (TPSA) is 72.7 Å². The number of aromatic amines is 1. The predicted molar refractivity (Wildman–Crippen MR) is 65.0 cm³/mol. The summed E-state index contributed by atoms with van der Waals surface area (Å²) in [6.07, 6.45) is 2.58. The third-order valence-corrected chi connectivity index (χ3v) is 2.82. The van der Waals surface area contributed by atoms with Gasteiger partial charge in [-0.15, -0.1) is 0 Å². The highest BCUT2D eigenvalue weighted by molar-refractivity contribution is 5.68. The van der Waals surface area contributed by atoms with Crippen molar-refractivity contribution in [2.45, 2.75) is 26.8 Å². The summed E-state index contributed by atoms with van der Waals surface area (Å²) in [6.45, 7) is 5.00. The molecule has 0 bridgehead atoms. The molecule has 92 valence electrons. The Bertz CT molecular complexity index is 648. The van der Waals surface area contributed by atoms with Crippen molar-refractivity contribution in [3.8, 4) is 0 Å². The summed E-state index contributed by atoms with van der Waals surface area (Å²) in [5.41, 5.74) is 0.0652. The van der Waals surface area contributed by atoms with Gasteiger partial charge in [-0.2, -0.15) is 0 Å². The van der Waals surface area contributed by atoms with Crippen molar-refractivity contribution >= 4 is 11.2 Å². The van der Waals surface area contributed by atoms with Crippen LogP contribution in [0, 0.1) is 5.92 Å². The van der Waals surface area contributed by atoms with Gasteiger partial charge in [-0.3, -0.25) is 14.3 Å². The first-order chi connectivity index (χ1) is 8.00. The van der Waals surface area contributed by atoms with Crippen molar-refractivity contribution < 1.29 is 0 Å². The number of imidazole rings is 1. The molecule has 0 saturated carbocycles. The summed E-state index contributed by atoms with van der Waals surface area (Å²) < 4.78 is 2.85. The fourth-order valence-corrected chi connectivity index (χ4v) is 1.67. The summed E-state index contributed by atoms with van der Waals surface area (Å²) in [6, 6.07) is 0. The fourth-order valence-electron chi connectivity index (χ4n) is 1.67. The average molecular weight is 236 g/mol. The van der Waals surface area contributed by atoms with Gasteiger partial charge >= 0.3 is 5.69 Å². The molecule has 2 aromatic heterocycles. The monoisotopic (exact) mass is 236 g/mol. The SMILES string of the molecule is CC(C)CCn1cnc2c(=O)n(C)c(=O)[nH]c21. The lowest BCUT2D eigenvalue weighted by Crippen LogP contribution is -2.32. The number of aryl methyl sites for hydroxylation is 1. The Morgan fingerprint density at radius 3 is 2.76 bits per heavy atom. The number of fused-ring (bicyclic) bond motifs is 1. The Morgan fingerprint density at radius 1 is 1.41 bits per heavy atom. The van der Waals surface area contributed by atoms with E-state index < -0.39 is 5.69 Å². The highest BCUT2D eigenvalue weighted by atomic mass is 16.2. The maximum absolute atomic E-state index is 11.8. The van der Waals surface area contributed by atoms with E-state index in [1.807, 2.05) is 4.57 Å². The zero-order chi connectivity index (χ0) is 12.6. The molecule has 0 atom stereocenters. The van der Waals surface area contributed by atoms with Gasteiger partial charge in [0.1, 0.15) is 5.65 Å². The van der Waals surface area contributed by atoms with Crippen molar-refractivity contribution in [1.29, 1.82) is 0 Å². The summed E-state index contributed by atoms with van der Waals surface area (Å²) >= 11 is 0. The van der Waals surface area contributed by atoms with Crippen molar-refractivity contribution in [2.75, 3.05) is 0 Å². The van der Waals surface area contributed by atoms with Crippen molar-refractivity contribution in [3.05, 3.63) is 27.2 Å². The van der Waals surface area contributed by atoms with Gasteiger partial charge < -0.3 is 4.57 Å². The van der Waals surface area contributed by atoms with Crippen LogP contribution in [0.4, 0.5) is 0 Å². The van der Waals surface area contributed by atoms with Crippen LogP contribution in [0.2, 0.25) is 0 Å². The predicted octanol–water partition coefficient (Wildman–Crippen LogP) is 0.469. The van der Waals surface area contributed by atoms with E-state index in [-0.39, 0.29) is 5.56 Å². The number of nitrogens with one attached hydrogen (secondary N) is 1. The number of H-pyrrole nitrogens is 1. The lowest BCUT2D eigenvalue weighted by atomic mass is 10.1. The largest absolute Gasteiger partial charge is 0.329 e. The van der Waals surface area contributed by atoms with E-state index in [1.165, 1.54) is 7.05 Å². The third kappa shape index (κ3) is 2.02. The highest BCUT2D eigenvalue weighted by Crippen LogP contribution is 2.07. The maximum Gasteiger partial charge on any atom is 0.329 e. The molecule has 0 aliphatic carbocycles. The van der Waals surface area contributed by atoms with Gasteiger partial charge in [0.2, 0.25) is 0 Å². The Labute approximate surface area is 97.9 Å². The molecule has 2 aromatic rings. The standard InChI is InChI=1S/C11H16N4O2/c1-7(2)4-5-15-6-12-8-9(15)13-11(17)14(3)10(8)16/h6-7H,4-5H2,1-3H3,(H,13,17). The normalized spacial score (nSPS) is 11.5. The molecule has 2 rings (SSSR count). The van der Waals surface area contributed by atoms with E-state index in [9.17, 15) is 9.59 Å². The van der Waals surface area contributed by atoms with E-state index in [4.69, 9.17) is 0 Å². The lowest BCUT2D eigenvalue weighted by molar-refractivity contribution is 0.521. The minimum Gasteiger partial charge on any atom is -0.317 e. The summed E-state index contributed by atoms with van der Waals surface area (Å²) in [4.78, 5) is 30.0. The van der Waals surface area contributed by atoms with Gasteiger partial charge in [0.15, 0.2) is 5.52 Å². The molecule has 0 radical (unpaired) electrons. The number of rotatable bonds is 3. The second kappa shape index (κ2) is 4.20. The summed E-state index contributed by atoms with van der Waals surface area (Å²) in [5, 5.41) is 0. The molecule has 17 heavy (non-hydrogen) atoms. The molecule has 0 amide bonds. The molecule has 6 nitrogen and oxygen atoms in total. The number of nitrogens with zero attached hydrogens (tertiary/aromatic N) is 3. The molecular weight excluding hydrogens is 220 g/mol. The molecule has 1 N–H and O–H groups in total. The van der Waals surface area contributed by atoms with Gasteiger partial charge in [0.05, 0.1) is 6.33 Å². The third-order valence-electron chi connectivity index (χ3n) is 2.82. The van der Waals surface area contributed by atoms with Gasteiger partial charge in [-0.05, 0) is 12.3 Å². The molecule has 0 spiro atoms. The molecule has 0 aromatic carbocycles. The van der Waals surface area contributed by atoms with Crippen molar-refractivity contribution in [3.63, 3.8) is 0 Å². The van der Waals surface area contributed by atoms with E-state index in [1.54, 1.807) is 6.33 Å². The zero-order valence-electron chi connectivity index (χ0n) is 10.2. The molecule has 0 aliphatic heterocycles. The quantitative estimate of drug-likeness (QED) is 0.842. The first-order valence-corrected chi connectivity index (χ1v) is 5.65. The average Bonchev–Trinajstić information content (AvgIpc) is 2.66. The van der Waals surface area contributed by atoms with E-state index in [2.05, 4.69) is 23.8 Å². The van der Waals surface area contributed by atoms with Crippen LogP contribution in [0.5, 0.6) is 0 Å². The van der Waals surface area contributed by atoms with Crippen LogP contribution in [0.25, 0.3) is 11.2 Å². The second-order valence-electron chi connectivity index (χ2n) is 4.61. The van der Waals surface area contributed by atoms with Crippen LogP contribution in [0.3, 0.4) is 0 Å². The molecule has 0 saturated heterocycles. The van der Waals surface area contributed by atoms with E-state index >= 15 is 0 Å². The van der Waals surface area contributed by atoms with Crippen molar-refractivity contribution in [1.82, 2.24) is 19.1 Å². The smallest absolute Gasteiger partial charge is 0.317 e. The van der Waals surface area contributed by atoms with Crippen LogP contribution in [0.1, 0.15) is 20.3 Å². The van der Waals surface area contributed by atoms with Crippen LogP contribution in [-0.2, 0) is 13.6 Å². The Kier molecular flexibility index (Phi) is 2.87. The van der Waals surface area contributed by atoms with Crippen LogP contribution in [-0.4, -0.2) is 19.1 Å². The van der Waals surface area contributed by atoms with Gasteiger partial charge in [0, 0.05) is 13.6 Å². The van der Waals surface area contributed by atoms with Gasteiger partial charge in [-0.1, -0.05) is 13.8 Å². The molecule has 2 heterocycles.